The van der Waals surface area contributed by atoms with E-state index in [1.165, 1.54) is 4.90 Å². The first-order valence-electron chi connectivity index (χ1n) is 6.98. The molecule has 7 heteroatoms. The minimum atomic E-state index is -0.943. The molecule has 0 aliphatic heterocycles. The molecule has 120 valence electrons. The summed E-state index contributed by atoms with van der Waals surface area (Å²) in [5.74, 6) is 0. The fourth-order valence-corrected chi connectivity index (χ4v) is 2.05. The summed E-state index contributed by atoms with van der Waals surface area (Å²) in [6.07, 6.45) is 0. The van der Waals surface area contributed by atoms with Gasteiger partial charge in [-0.1, -0.05) is 0 Å². The van der Waals surface area contributed by atoms with E-state index in [-0.39, 0.29) is 12.6 Å². The molecular weight excluding hydrogens is 284 g/mol. The Kier molecular flexibility index (Phi) is 4.27. The number of amides is 2. The zero-order valence-corrected chi connectivity index (χ0v) is 13.5. The molecule has 0 atom stereocenters. The van der Waals surface area contributed by atoms with Crippen molar-refractivity contribution in [2.75, 3.05) is 37.9 Å². The second-order valence-corrected chi connectivity index (χ2v) is 6.17. The van der Waals surface area contributed by atoms with E-state index in [0.717, 1.165) is 5.52 Å². The van der Waals surface area contributed by atoms with Crippen molar-refractivity contribution in [2.45, 2.75) is 19.4 Å². The number of oxazole rings is 1. The Labute approximate surface area is 129 Å². The molecule has 7 nitrogen and oxygen atoms in total. The van der Waals surface area contributed by atoms with Gasteiger partial charge in [-0.05, 0) is 26.0 Å². The number of aliphatic hydroxyl groups is 1. The topological polar surface area (TPSA) is 81.8 Å². The number of aromatic nitrogens is 1. The SMILES string of the molecule is CN(CC(C)(C)O)C(=O)Nc1ccc2nc(N(C)C)oc2c1. The summed E-state index contributed by atoms with van der Waals surface area (Å²) in [6.45, 7) is 3.54. The number of carbonyl (C=O) groups is 1. The maximum absolute atomic E-state index is 12.1. The van der Waals surface area contributed by atoms with Gasteiger partial charge in [0.1, 0.15) is 5.52 Å². The van der Waals surface area contributed by atoms with Crippen molar-refractivity contribution < 1.29 is 14.3 Å². The average molecular weight is 306 g/mol. The van der Waals surface area contributed by atoms with E-state index in [1.807, 2.05) is 14.1 Å². The number of fused-ring (bicyclic) bond motifs is 1. The predicted octanol–water partition coefficient (Wildman–Crippen LogP) is 2.13. The van der Waals surface area contributed by atoms with Gasteiger partial charge in [0, 0.05) is 32.9 Å². The summed E-state index contributed by atoms with van der Waals surface area (Å²) in [6, 6.07) is 5.49. The number of likely N-dealkylation sites (N-methyl/N-ethyl adjacent to an activating group) is 1. The molecule has 0 fully saturated rings. The zero-order chi connectivity index (χ0) is 16.5. The largest absolute Gasteiger partial charge is 0.423 e. The summed E-state index contributed by atoms with van der Waals surface area (Å²) in [4.78, 5) is 19.6. The number of hydrogen-bond donors (Lipinski definition) is 2. The molecule has 1 aromatic carbocycles. The number of rotatable bonds is 4. The molecule has 22 heavy (non-hydrogen) atoms. The third-order valence-electron chi connectivity index (χ3n) is 2.98. The van der Waals surface area contributed by atoms with Crippen molar-refractivity contribution >= 4 is 28.8 Å². The molecule has 0 unspecified atom stereocenters. The highest BCUT2D eigenvalue weighted by Gasteiger charge is 2.19. The fourth-order valence-electron chi connectivity index (χ4n) is 2.05. The Bertz CT molecular complexity index is 673. The van der Waals surface area contributed by atoms with Gasteiger partial charge in [0.15, 0.2) is 5.58 Å². The van der Waals surface area contributed by atoms with Gasteiger partial charge in [-0.25, -0.2) is 4.79 Å². The van der Waals surface area contributed by atoms with Crippen molar-refractivity contribution in [3.63, 3.8) is 0 Å². The van der Waals surface area contributed by atoms with Gasteiger partial charge in [0.25, 0.3) is 6.01 Å². The van der Waals surface area contributed by atoms with Gasteiger partial charge in [0.2, 0.25) is 0 Å². The van der Waals surface area contributed by atoms with Gasteiger partial charge in [-0.2, -0.15) is 4.98 Å². The van der Waals surface area contributed by atoms with Gasteiger partial charge < -0.3 is 24.6 Å². The lowest BCUT2D eigenvalue weighted by Gasteiger charge is -2.25. The van der Waals surface area contributed by atoms with Crippen LogP contribution in [0.1, 0.15) is 13.8 Å². The van der Waals surface area contributed by atoms with Crippen LogP contribution in [-0.2, 0) is 0 Å². The quantitative estimate of drug-likeness (QED) is 0.904. The van der Waals surface area contributed by atoms with Crippen LogP contribution in [0, 0.1) is 0 Å². The molecule has 1 aromatic heterocycles. The number of anilines is 2. The molecule has 0 bridgehead atoms. The molecule has 2 aromatic rings. The summed E-state index contributed by atoms with van der Waals surface area (Å²) in [7, 11) is 5.32. The summed E-state index contributed by atoms with van der Waals surface area (Å²) in [5, 5.41) is 12.5. The second-order valence-electron chi connectivity index (χ2n) is 6.17. The monoisotopic (exact) mass is 306 g/mol. The lowest BCUT2D eigenvalue weighted by Crippen LogP contribution is -2.41. The highest BCUT2D eigenvalue weighted by atomic mass is 16.4. The molecule has 0 aliphatic carbocycles. The molecule has 2 rings (SSSR count). The Morgan fingerprint density at radius 1 is 1.36 bits per heavy atom. The number of carbonyl (C=O) groups excluding carboxylic acids is 1. The molecule has 2 amide bonds. The Hall–Kier alpha value is -2.28. The number of nitrogens with zero attached hydrogens (tertiary/aromatic N) is 3. The summed E-state index contributed by atoms with van der Waals surface area (Å²) in [5.41, 5.74) is 1.00. The van der Waals surface area contributed by atoms with Gasteiger partial charge in [-0.15, -0.1) is 0 Å². The summed E-state index contributed by atoms with van der Waals surface area (Å²) >= 11 is 0. The molecule has 0 spiro atoms. The van der Waals surface area contributed by atoms with Crippen LogP contribution in [0.15, 0.2) is 22.6 Å². The lowest BCUT2D eigenvalue weighted by atomic mass is 10.1. The summed E-state index contributed by atoms with van der Waals surface area (Å²) < 4.78 is 5.60. The van der Waals surface area contributed by atoms with E-state index < -0.39 is 5.60 Å². The maximum Gasteiger partial charge on any atom is 0.321 e. The van der Waals surface area contributed by atoms with Gasteiger partial charge >= 0.3 is 6.03 Å². The average Bonchev–Trinajstić information content (AvgIpc) is 2.79. The molecule has 0 radical (unpaired) electrons. The minimum Gasteiger partial charge on any atom is -0.423 e. The molecule has 0 saturated carbocycles. The van der Waals surface area contributed by atoms with Crippen LogP contribution >= 0.6 is 0 Å². The molecule has 2 N–H and O–H groups in total. The fraction of sp³-hybridized carbons (Fsp3) is 0.467. The highest BCUT2D eigenvalue weighted by Crippen LogP contribution is 2.23. The van der Waals surface area contributed by atoms with E-state index in [9.17, 15) is 9.90 Å². The van der Waals surface area contributed by atoms with Gasteiger partial charge in [0.05, 0.1) is 12.1 Å². The van der Waals surface area contributed by atoms with Crippen LogP contribution in [0.4, 0.5) is 16.5 Å². The van der Waals surface area contributed by atoms with Crippen molar-refractivity contribution in [2.24, 2.45) is 0 Å². The van der Waals surface area contributed by atoms with Crippen molar-refractivity contribution in [3.8, 4) is 0 Å². The van der Waals surface area contributed by atoms with Crippen molar-refractivity contribution in [1.82, 2.24) is 9.88 Å². The molecule has 1 heterocycles. The van der Waals surface area contributed by atoms with Crippen LogP contribution in [0.2, 0.25) is 0 Å². The van der Waals surface area contributed by atoms with E-state index in [4.69, 9.17) is 4.42 Å². The lowest BCUT2D eigenvalue weighted by molar-refractivity contribution is 0.0550. The number of nitrogens with one attached hydrogen (secondary N) is 1. The normalized spacial score (nSPS) is 11.5. The Morgan fingerprint density at radius 2 is 2.05 bits per heavy atom. The Balaban J connectivity index is 2.12. The van der Waals surface area contributed by atoms with E-state index in [2.05, 4.69) is 10.3 Å². The van der Waals surface area contributed by atoms with Crippen molar-refractivity contribution in [1.29, 1.82) is 0 Å². The highest BCUT2D eigenvalue weighted by molar-refractivity contribution is 5.91. The smallest absolute Gasteiger partial charge is 0.321 e. The first kappa shape index (κ1) is 16.1. The van der Waals surface area contributed by atoms with E-state index in [0.29, 0.717) is 17.3 Å². The molecule has 0 saturated heterocycles. The van der Waals surface area contributed by atoms with Crippen LogP contribution < -0.4 is 10.2 Å². The zero-order valence-electron chi connectivity index (χ0n) is 13.5. The minimum absolute atomic E-state index is 0.230. The molecular formula is C15H22N4O3. The number of urea groups is 1. The first-order chi connectivity index (χ1) is 10.2. The van der Waals surface area contributed by atoms with Crippen molar-refractivity contribution in [3.05, 3.63) is 18.2 Å². The number of hydrogen-bond acceptors (Lipinski definition) is 5. The predicted molar refractivity (Wildman–Crippen MR) is 86.3 cm³/mol. The third-order valence-corrected chi connectivity index (χ3v) is 2.98. The van der Waals surface area contributed by atoms with Crippen LogP contribution in [0.5, 0.6) is 0 Å². The van der Waals surface area contributed by atoms with Crippen LogP contribution in [-0.4, -0.2) is 54.3 Å². The molecule has 0 aliphatic rings. The van der Waals surface area contributed by atoms with E-state index >= 15 is 0 Å². The third kappa shape index (κ3) is 3.88. The van der Waals surface area contributed by atoms with E-state index in [1.54, 1.807) is 44.0 Å². The Morgan fingerprint density at radius 3 is 2.64 bits per heavy atom. The van der Waals surface area contributed by atoms with Crippen LogP contribution in [0.3, 0.4) is 0 Å². The van der Waals surface area contributed by atoms with Gasteiger partial charge in [-0.3, -0.25) is 0 Å². The van der Waals surface area contributed by atoms with Crippen LogP contribution in [0.25, 0.3) is 11.1 Å². The maximum atomic E-state index is 12.1. The standard InChI is InChI=1S/C15H22N4O3/c1-15(2,21)9-19(5)13(20)16-10-6-7-11-12(8-10)22-14(17-11)18(3)4/h6-8,21H,9H2,1-5H3,(H,16,20). The second kappa shape index (κ2) is 5.84. The number of benzene rings is 1. The first-order valence-corrected chi connectivity index (χ1v) is 6.98.